The Kier molecular flexibility index (Phi) is 3.27. The van der Waals surface area contributed by atoms with E-state index in [0.717, 1.165) is 18.5 Å². The van der Waals surface area contributed by atoms with Crippen LogP contribution in [0.4, 0.5) is 5.69 Å². The van der Waals surface area contributed by atoms with E-state index in [0.29, 0.717) is 0 Å². The number of hydrogen-bond acceptors (Lipinski definition) is 2. The Morgan fingerprint density at radius 1 is 1.09 bits per heavy atom. The zero-order chi connectivity index (χ0) is 16.1. The molecule has 1 saturated heterocycles. The monoisotopic (exact) mass is 306 g/mol. The van der Waals surface area contributed by atoms with Gasteiger partial charge in [-0.2, -0.15) is 0 Å². The largest absolute Gasteiger partial charge is 0.303 e. The van der Waals surface area contributed by atoms with Crippen LogP contribution in [0.15, 0.2) is 42.5 Å². The molecule has 1 amide bonds. The van der Waals surface area contributed by atoms with Crippen LogP contribution in [0.1, 0.15) is 34.7 Å². The van der Waals surface area contributed by atoms with Crippen LogP contribution >= 0.6 is 0 Å². The molecule has 4 rings (SSSR count). The molecular formula is C20H22N2O. The summed E-state index contributed by atoms with van der Waals surface area (Å²) in [7, 11) is 4.00. The number of anilines is 1. The molecular weight excluding hydrogens is 284 g/mol. The summed E-state index contributed by atoms with van der Waals surface area (Å²) >= 11 is 0. The van der Waals surface area contributed by atoms with E-state index in [9.17, 15) is 4.79 Å². The standard InChI is InChI=1S/C20H22N2O/c1-13-8-9-14-11-15-6-4-5-7-17(15)22-18(16(14)10-13)12-19(20(22)23)21(2)3/h4-10,18-19H,11-12H2,1-3H3. The van der Waals surface area contributed by atoms with Crippen molar-refractivity contribution in [3.8, 4) is 0 Å². The molecule has 2 aliphatic rings. The molecule has 0 bridgehead atoms. The minimum Gasteiger partial charge on any atom is -0.303 e. The van der Waals surface area contributed by atoms with Crippen molar-refractivity contribution in [2.24, 2.45) is 0 Å². The molecule has 23 heavy (non-hydrogen) atoms. The van der Waals surface area contributed by atoms with Crippen molar-refractivity contribution in [1.82, 2.24) is 4.90 Å². The summed E-state index contributed by atoms with van der Waals surface area (Å²) in [6, 6.07) is 15.1. The maximum absolute atomic E-state index is 13.1. The molecule has 3 heteroatoms. The van der Waals surface area contributed by atoms with Crippen LogP contribution in [0.2, 0.25) is 0 Å². The van der Waals surface area contributed by atoms with Gasteiger partial charge in [-0.15, -0.1) is 0 Å². The van der Waals surface area contributed by atoms with Gasteiger partial charge in [0.2, 0.25) is 5.91 Å². The minimum atomic E-state index is -0.0421. The molecule has 2 unspecified atom stereocenters. The fourth-order valence-corrected chi connectivity index (χ4v) is 4.00. The van der Waals surface area contributed by atoms with Gasteiger partial charge in [0.05, 0.1) is 12.1 Å². The highest BCUT2D eigenvalue weighted by Gasteiger charge is 2.44. The van der Waals surface area contributed by atoms with E-state index >= 15 is 0 Å². The van der Waals surface area contributed by atoms with Gasteiger partial charge in [-0.1, -0.05) is 42.0 Å². The molecule has 0 aromatic heterocycles. The summed E-state index contributed by atoms with van der Waals surface area (Å²) in [6.45, 7) is 2.13. The Morgan fingerprint density at radius 2 is 1.87 bits per heavy atom. The van der Waals surface area contributed by atoms with Gasteiger partial charge in [0.1, 0.15) is 0 Å². The molecule has 0 spiro atoms. The zero-order valence-electron chi connectivity index (χ0n) is 13.9. The fraction of sp³-hybridized carbons (Fsp3) is 0.350. The van der Waals surface area contributed by atoms with Crippen molar-refractivity contribution in [2.75, 3.05) is 19.0 Å². The number of benzene rings is 2. The summed E-state index contributed by atoms with van der Waals surface area (Å²) in [6.07, 6.45) is 1.76. The van der Waals surface area contributed by atoms with Crippen molar-refractivity contribution in [3.63, 3.8) is 0 Å². The Hall–Kier alpha value is -2.13. The Labute approximate surface area is 137 Å². The van der Waals surface area contributed by atoms with Crippen molar-refractivity contribution < 1.29 is 4.79 Å². The molecule has 1 fully saturated rings. The van der Waals surface area contributed by atoms with Crippen LogP contribution in [0.25, 0.3) is 0 Å². The third-order valence-electron chi connectivity index (χ3n) is 5.20. The molecule has 2 aromatic carbocycles. The van der Waals surface area contributed by atoms with Gasteiger partial charge >= 0.3 is 0 Å². The Bertz CT molecular complexity index is 781. The summed E-state index contributed by atoms with van der Waals surface area (Å²) in [5, 5.41) is 0. The summed E-state index contributed by atoms with van der Waals surface area (Å²) < 4.78 is 0. The van der Waals surface area contributed by atoms with E-state index < -0.39 is 0 Å². The number of fused-ring (bicyclic) bond motifs is 5. The lowest BCUT2D eigenvalue weighted by atomic mass is 9.93. The number of aryl methyl sites for hydroxylation is 1. The zero-order valence-corrected chi connectivity index (χ0v) is 13.9. The minimum absolute atomic E-state index is 0.0421. The van der Waals surface area contributed by atoms with E-state index in [-0.39, 0.29) is 18.0 Å². The number of amides is 1. The topological polar surface area (TPSA) is 23.6 Å². The smallest absolute Gasteiger partial charge is 0.244 e. The van der Waals surface area contributed by atoms with E-state index in [2.05, 4.69) is 48.2 Å². The first-order chi connectivity index (χ1) is 11.1. The van der Waals surface area contributed by atoms with Crippen molar-refractivity contribution >= 4 is 11.6 Å². The third-order valence-corrected chi connectivity index (χ3v) is 5.20. The summed E-state index contributed by atoms with van der Waals surface area (Å²) in [4.78, 5) is 17.2. The van der Waals surface area contributed by atoms with Gasteiger partial charge in [0.25, 0.3) is 0 Å². The number of likely N-dealkylation sites (N-methyl/N-ethyl adjacent to an activating group) is 1. The van der Waals surface area contributed by atoms with Crippen molar-refractivity contribution in [2.45, 2.75) is 31.8 Å². The van der Waals surface area contributed by atoms with Crippen molar-refractivity contribution in [3.05, 3.63) is 64.7 Å². The first kappa shape index (κ1) is 14.5. The van der Waals surface area contributed by atoms with Gasteiger partial charge in [-0.05, 0) is 56.6 Å². The molecule has 2 atom stereocenters. The van der Waals surface area contributed by atoms with Gasteiger partial charge in [0, 0.05) is 5.69 Å². The van der Waals surface area contributed by atoms with Crippen LogP contribution in [-0.4, -0.2) is 30.9 Å². The van der Waals surface area contributed by atoms with Gasteiger partial charge in [0.15, 0.2) is 0 Å². The average Bonchev–Trinajstić information content (AvgIpc) is 2.80. The van der Waals surface area contributed by atoms with Crippen molar-refractivity contribution in [1.29, 1.82) is 0 Å². The number of para-hydroxylation sites is 1. The third kappa shape index (κ3) is 2.19. The molecule has 0 N–H and O–H groups in total. The second-order valence-electron chi connectivity index (χ2n) is 6.95. The van der Waals surface area contributed by atoms with Gasteiger partial charge in [-0.25, -0.2) is 0 Å². The quantitative estimate of drug-likeness (QED) is 0.807. The first-order valence-electron chi connectivity index (χ1n) is 8.23. The molecule has 118 valence electrons. The summed E-state index contributed by atoms with van der Waals surface area (Å²) in [5.74, 6) is 0.224. The number of rotatable bonds is 1. The molecule has 0 radical (unpaired) electrons. The predicted octanol–water partition coefficient (Wildman–Crippen LogP) is 3.31. The first-order valence-corrected chi connectivity index (χ1v) is 8.23. The van der Waals surface area contributed by atoms with Crippen LogP contribution in [0.5, 0.6) is 0 Å². The second kappa shape index (κ2) is 5.20. The van der Waals surface area contributed by atoms with Crippen LogP contribution in [-0.2, 0) is 11.2 Å². The molecule has 0 aliphatic carbocycles. The highest BCUT2D eigenvalue weighted by molar-refractivity contribution is 6.01. The average molecular weight is 306 g/mol. The highest BCUT2D eigenvalue weighted by atomic mass is 16.2. The van der Waals surface area contributed by atoms with Gasteiger partial charge < -0.3 is 4.90 Å². The Balaban J connectivity index is 1.93. The maximum atomic E-state index is 13.1. The normalized spacial score (nSPS) is 22.6. The van der Waals surface area contributed by atoms with E-state index in [1.54, 1.807) is 0 Å². The van der Waals surface area contributed by atoms with Gasteiger partial charge in [-0.3, -0.25) is 9.69 Å². The SMILES string of the molecule is Cc1ccc2c(c1)C1CC(N(C)C)C(=O)N1c1ccccc1C2. The number of carbonyl (C=O) groups excluding carboxylic acids is 1. The lowest BCUT2D eigenvalue weighted by Gasteiger charge is -2.25. The van der Waals surface area contributed by atoms with E-state index in [4.69, 9.17) is 0 Å². The van der Waals surface area contributed by atoms with Crippen LogP contribution in [0.3, 0.4) is 0 Å². The number of hydrogen-bond donors (Lipinski definition) is 0. The molecule has 2 aliphatic heterocycles. The van der Waals surface area contributed by atoms with E-state index in [1.165, 1.54) is 22.3 Å². The molecule has 2 heterocycles. The van der Waals surface area contributed by atoms with Crippen LogP contribution in [0, 0.1) is 6.92 Å². The predicted molar refractivity (Wildman–Crippen MR) is 92.7 cm³/mol. The molecule has 2 aromatic rings. The molecule has 3 nitrogen and oxygen atoms in total. The van der Waals surface area contributed by atoms with E-state index in [1.807, 2.05) is 25.1 Å². The lowest BCUT2D eigenvalue weighted by Crippen LogP contribution is -2.37. The second-order valence-corrected chi connectivity index (χ2v) is 6.95. The lowest BCUT2D eigenvalue weighted by molar-refractivity contribution is -0.120. The highest BCUT2D eigenvalue weighted by Crippen LogP contribution is 2.44. The maximum Gasteiger partial charge on any atom is 0.244 e. The fourth-order valence-electron chi connectivity index (χ4n) is 4.00. The summed E-state index contributed by atoms with van der Waals surface area (Å²) in [5.41, 5.74) is 6.26. The number of nitrogens with zero attached hydrogens (tertiary/aromatic N) is 2. The molecule has 0 saturated carbocycles. The Morgan fingerprint density at radius 3 is 2.65 bits per heavy atom. The van der Waals surface area contributed by atoms with Crippen LogP contribution < -0.4 is 4.90 Å². The number of carbonyl (C=O) groups is 1.